The van der Waals surface area contributed by atoms with Gasteiger partial charge in [-0.05, 0) is 12.5 Å². The van der Waals surface area contributed by atoms with Gasteiger partial charge in [-0.15, -0.1) is 11.3 Å². The summed E-state index contributed by atoms with van der Waals surface area (Å²) in [5.41, 5.74) is 0.932. The lowest BCUT2D eigenvalue weighted by atomic mass is 10.3. The van der Waals surface area contributed by atoms with Crippen LogP contribution in [-0.4, -0.2) is 24.3 Å². The van der Waals surface area contributed by atoms with Crippen LogP contribution in [0.25, 0.3) is 0 Å². The molecule has 0 aliphatic rings. The summed E-state index contributed by atoms with van der Waals surface area (Å²) in [7, 11) is 0. The highest BCUT2D eigenvalue weighted by molar-refractivity contribution is 7.10. The van der Waals surface area contributed by atoms with Gasteiger partial charge >= 0.3 is 6.03 Å². The monoisotopic (exact) mass is 280 g/mol. The Morgan fingerprint density at radius 3 is 3.05 bits per heavy atom. The molecule has 104 valence electrons. The summed E-state index contributed by atoms with van der Waals surface area (Å²) in [6.07, 6.45) is 2.56. The molecule has 0 aromatic carbocycles. The van der Waals surface area contributed by atoms with Crippen molar-refractivity contribution in [2.45, 2.75) is 32.7 Å². The molecule has 1 aromatic rings. The first kappa shape index (κ1) is 15.5. The Kier molecular flexibility index (Phi) is 7.71. The van der Waals surface area contributed by atoms with Crippen LogP contribution in [0.15, 0.2) is 11.4 Å². The molecule has 0 saturated carbocycles. The number of rotatable bonds is 6. The smallest absolute Gasteiger partial charge is 0.315 e. The van der Waals surface area contributed by atoms with Crippen molar-refractivity contribution < 1.29 is 9.90 Å². The van der Waals surface area contributed by atoms with Gasteiger partial charge < -0.3 is 15.7 Å². The van der Waals surface area contributed by atoms with Gasteiger partial charge in [0.25, 0.3) is 0 Å². The Morgan fingerprint density at radius 1 is 1.47 bits per heavy atom. The van der Waals surface area contributed by atoms with Crippen molar-refractivity contribution in [3.63, 3.8) is 0 Å². The van der Waals surface area contributed by atoms with Crippen molar-refractivity contribution in [3.05, 3.63) is 21.9 Å². The first-order valence-electron chi connectivity index (χ1n) is 6.45. The SMILES string of the molecule is CCCCNC(=O)NCc1cc(C#CCCO)cs1. The maximum absolute atomic E-state index is 11.4. The molecule has 0 bridgehead atoms. The summed E-state index contributed by atoms with van der Waals surface area (Å²) in [6.45, 7) is 3.41. The van der Waals surface area contributed by atoms with Crippen LogP contribution in [0.1, 0.15) is 36.6 Å². The van der Waals surface area contributed by atoms with Crippen LogP contribution in [0.5, 0.6) is 0 Å². The molecule has 2 amide bonds. The van der Waals surface area contributed by atoms with Crippen molar-refractivity contribution in [2.24, 2.45) is 0 Å². The normalized spacial score (nSPS) is 9.58. The number of amides is 2. The van der Waals surface area contributed by atoms with Crippen LogP contribution in [0.3, 0.4) is 0 Å². The second kappa shape index (κ2) is 9.42. The standard InChI is InChI=1S/C14H20N2O2S/c1-2-3-7-15-14(18)16-10-13-9-12(11-19-13)6-4-5-8-17/h9,11,17H,2-3,5,7-8,10H2,1H3,(H2,15,16,18). The summed E-state index contributed by atoms with van der Waals surface area (Å²) in [5, 5.41) is 16.2. The maximum Gasteiger partial charge on any atom is 0.315 e. The van der Waals surface area contributed by atoms with E-state index in [1.165, 1.54) is 0 Å². The fourth-order valence-corrected chi connectivity index (χ4v) is 2.12. The molecule has 0 aliphatic carbocycles. The van der Waals surface area contributed by atoms with Crippen molar-refractivity contribution >= 4 is 17.4 Å². The predicted octanol–water partition coefficient (Wildman–Crippen LogP) is 2.08. The van der Waals surface area contributed by atoms with E-state index in [0.717, 1.165) is 23.3 Å². The van der Waals surface area contributed by atoms with E-state index in [9.17, 15) is 4.79 Å². The van der Waals surface area contributed by atoms with Gasteiger partial charge in [-0.3, -0.25) is 0 Å². The lowest BCUT2D eigenvalue weighted by Crippen LogP contribution is -2.35. The van der Waals surface area contributed by atoms with E-state index in [0.29, 0.717) is 19.5 Å². The first-order chi connectivity index (χ1) is 9.26. The van der Waals surface area contributed by atoms with Crippen LogP contribution < -0.4 is 10.6 Å². The number of thiophene rings is 1. The van der Waals surface area contributed by atoms with Crippen LogP contribution in [0.2, 0.25) is 0 Å². The minimum Gasteiger partial charge on any atom is -0.395 e. The van der Waals surface area contributed by atoms with Crippen LogP contribution >= 0.6 is 11.3 Å². The number of carbonyl (C=O) groups excluding carboxylic acids is 1. The van der Waals surface area contributed by atoms with Gasteiger partial charge in [-0.2, -0.15) is 0 Å². The Bertz CT molecular complexity index is 446. The number of carbonyl (C=O) groups is 1. The Hall–Kier alpha value is -1.51. The molecule has 0 unspecified atom stereocenters. The van der Waals surface area contributed by atoms with E-state index >= 15 is 0 Å². The number of urea groups is 1. The third-order valence-electron chi connectivity index (χ3n) is 2.36. The highest BCUT2D eigenvalue weighted by Crippen LogP contribution is 2.13. The van der Waals surface area contributed by atoms with Gasteiger partial charge in [0, 0.05) is 28.8 Å². The van der Waals surface area contributed by atoms with Crippen molar-refractivity contribution in [2.75, 3.05) is 13.2 Å². The van der Waals surface area contributed by atoms with Crippen LogP contribution in [0.4, 0.5) is 4.79 Å². The van der Waals surface area contributed by atoms with Gasteiger partial charge in [-0.1, -0.05) is 25.2 Å². The zero-order valence-corrected chi connectivity index (χ0v) is 12.0. The van der Waals surface area contributed by atoms with E-state index in [2.05, 4.69) is 29.4 Å². The molecule has 3 N–H and O–H groups in total. The van der Waals surface area contributed by atoms with Crippen molar-refractivity contribution in [1.29, 1.82) is 0 Å². The summed E-state index contributed by atoms with van der Waals surface area (Å²) in [4.78, 5) is 12.5. The molecule has 0 radical (unpaired) electrons. The molecule has 1 heterocycles. The molecule has 5 heteroatoms. The second-order valence-corrected chi connectivity index (χ2v) is 5.04. The van der Waals surface area contributed by atoms with E-state index in [1.807, 2.05) is 11.4 Å². The molecule has 19 heavy (non-hydrogen) atoms. The minimum atomic E-state index is -0.130. The fourth-order valence-electron chi connectivity index (χ4n) is 1.37. The summed E-state index contributed by atoms with van der Waals surface area (Å²) >= 11 is 1.57. The number of unbranched alkanes of at least 4 members (excludes halogenated alkanes) is 1. The van der Waals surface area contributed by atoms with Gasteiger partial charge in [0.15, 0.2) is 0 Å². The van der Waals surface area contributed by atoms with Crippen molar-refractivity contribution in [1.82, 2.24) is 10.6 Å². The zero-order chi connectivity index (χ0) is 13.9. The van der Waals surface area contributed by atoms with E-state index in [-0.39, 0.29) is 12.6 Å². The highest BCUT2D eigenvalue weighted by Gasteiger charge is 2.01. The Morgan fingerprint density at radius 2 is 2.32 bits per heavy atom. The Balaban J connectivity index is 2.30. The van der Waals surface area contributed by atoms with Crippen LogP contribution in [-0.2, 0) is 6.54 Å². The second-order valence-electron chi connectivity index (χ2n) is 4.04. The topological polar surface area (TPSA) is 61.4 Å². The largest absolute Gasteiger partial charge is 0.395 e. The molecular formula is C14H20N2O2S. The van der Waals surface area contributed by atoms with Crippen LogP contribution in [0, 0.1) is 11.8 Å². The van der Waals surface area contributed by atoms with E-state index in [1.54, 1.807) is 11.3 Å². The number of hydrogen-bond acceptors (Lipinski definition) is 3. The molecule has 0 fully saturated rings. The summed E-state index contributed by atoms with van der Waals surface area (Å²) < 4.78 is 0. The van der Waals surface area contributed by atoms with Crippen molar-refractivity contribution in [3.8, 4) is 11.8 Å². The Labute approximate surface area is 118 Å². The quantitative estimate of drug-likeness (QED) is 0.552. The van der Waals surface area contributed by atoms with Gasteiger partial charge in [-0.25, -0.2) is 4.79 Å². The summed E-state index contributed by atoms with van der Waals surface area (Å²) in [5.74, 6) is 5.84. The average molecular weight is 280 g/mol. The number of aliphatic hydroxyl groups excluding tert-OH is 1. The molecule has 0 saturated heterocycles. The highest BCUT2D eigenvalue weighted by atomic mass is 32.1. The maximum atomic E-state index is 11.4. The number of aliphatic hydroxyl groups is 1. The third kappa shape index (κ3) is 6.85. The number of nitrogens with one attached hydrogen (secondary N) is 2. The predicted molar refractivity (Wildman–Crippen MR) is 78.0 cm³/mol. The molecule has 1 rings (SSSR count). The minimum absolute atomic E-state index is 0.0868. The molecule has 0 spiro atoms. The lowest BCUT2D eigenvalue weighted by Gasteiger charge is -2.05. The average Bonchev–Trinajstić information content (AvgIpc) is 2.85. The van der Waals surface area contributed by atoms with Gasteiger partial charge in [0.05, 0.1) is 13.2 Å². The van der Waals surface area contributed by atoms with Gasteiger partial charge in [0.1, 0.15) is 0 Å². The molecular weight excluding hydrogens is 260 g/mol. The van der Waals surface area contributed by atoms with E-state index < -0.39 is 0 Å². The third-order valence-corrected chi connectivity index (χ3v) is 3.30. The zero-order valence-electron chi connectivity index (χ0n) is 11.2. The first-order valence-corrected chi connectivity index (χ1v) is 7.33. The fraction of sp³-hybridized carbons (Fsp3) is 0.500. The number of hydrogen-bond donors (Lipinski definition) is 3. The molecule has 0 aliphatic heterocycles. The van der Waals surface area contributed by atoms with E-state index in [4.69, 9.17) is 5.11 Å². The molecule has 4 nitrogen and oxygen atoms in total. The van der Waals surface area contributed by atoms with Gasteiger partial charge in [0.2, 0.25) is 0 Å². The molecule has 0 atom stereocenters. The molecule has 1 aromatic heterocycles. The summed E-state index contributed by atoms with van der Waals surface area (Å²) in [6, 6.07) is 1.83. The lowest BCUT2D eigenvalue weighted by molar-refractivity contribution is 0.240.